The third-order valence-corrected chi connectivity index (χ3v) is 5.00. The molecule has 6 nitrogen and oxygen atoms in total. The summed E-state index contributed by atoms with van der Waals surface area (Å²) in [7, 11) is 0. The fourth-order valence-electron chi connectivity index (χ4n) is 2.76. The van der Waals surface area contributed by atoms with E-state index < -0.39 is 17.8 Å². The first kappa shape index (κ1) is 16.5. The van der Waals surface area contributed by atoms with Gasteiger partial charge in [-0.2, -0.15) is 0 Å². The standard InChI is InChI=1S/C15H20N2O4S/c1-2-3-7-10(18)17-14-12(13(16)19)11-8(15(20)21)5-4-6-9(11)22-14/h8H,2-7H2,1H3,(H2,16,19)(H,17,18)(H,20,21). The van der Waals surface area contributed by atoms with Crippen LogP contribution in [0.1, 0.15) is 65.7 Å². The van der Waals surface area contributed by atoms with E-state index in [9.17, 15) is 19.5 Å². The molecular formula is C15H20N2O4S. The van der Waals surface area contributed by atoms with Gasteiger partial charge in [0.2, 0.25) is 5.91 Å². The zero-order chi connectivity index (χ0) is 16.3. The molecule has 0 aliphatic heterocycles. The molecule has 2 amide bonds. The average Bonchev–Trinajstić information content (AvgIpc) is 2.82. The molecule has 0 saturated carbocycles. The number of aryl methyl sites for hydroxylation is 1. The number of unbranched alkanes of at least 4 members (excludes halogenated alkanes) is 1. The molecule has 1 aromatic heterocycles. The highest BCUT2D eigenvalue weighted by molar-refractivity contribution is 7.17. The lowest BCUT2D eigenvalue weighted by Gasteiger charge is -2.19. The number of carboxylic acids is 1. The maximum atomic E-state index is 11.9. The fraction of sp³-hybridized carbons (Fsp3) is 0.533. The molecule has 1 aliphatic rings. The van der Waals surface area contributed by atoms with E-state index in [2.05, 4.69) is 5.32 Å². The highest BCUT2D eigenvalue weighted by Gasteiger charge is 2.34. The second-order valence-corrected chi connectivity index (χ2v) is 6.55. The lowest BCUT2D eigenvalue weighted by Crippen LogP contribution is -2.23. The molecule has 1 unspecified atom stereocenters. The molecule has 0 spiro atoms. The lowest BCUT2D eigenvalue weighted by molar-refractivity contribution is -0.139. The number of rotatable bonds is 6. The van der Waals surface area contributed by atoms with Crippen LogP contribution in [0.25, 0.3) is 0 Å². The van der Waals surface area contributed by atoms with E-state index in [0.717, 1.165) is 30.6 Å². The predicted molar refractivity (Wildman–Crippen MR) is 84.3 cm³/mol. The van der Waals surface area contributed by atoms with Crippen LogP contribution < -0.4 is 11.1 Å². The molecule has 0 radical (unpaired) electrons. The van der Waals surface area contributed by atoms with Crippen molar-refractivity contribution in [3.63, 3.8) is 0 Å². The van der Waals surface area contributed by atoms with Gasteiger partial charge in [-0.25, -0.2) is 0 Å². The average molecular weight is 324 g/mol. The zero-order valence-corrected chi connectivity index (χ0v) is 13.3. The largest absolute Gasteiger partial charge is 0.481 e. The molecule has 0 saturated heterocycles. The molecule has 4 N–H and O–H groups in total. The van der Waals surface area contributed by atoms with Crippen molar-refractivity contribution in [3.05, 3.63) is 16.0 Å². The summed E-state index contributed by atoms with van der Waals surface area (Å²) in [6.07, 6.45) is 4.00. The lowest BCUT2D eigenvalue weighted by atomic mass is 9.85. The van der Waals surface area contributed by atoms with Gasteiger partial charge in [0.1, 0.15) is 5.00 Å². The number of carbonyl (C=O) groups is 3. The molecule has 0 fully saturated rings. The molecule has 2 rings (SSSR count). The van der Waals surface area contributed by atoms with Gasteiger partial charge in [0.25, 0.3) is 5.91 Å². The fourth-order valence-corrected chi connectivity index (χ4v) is 4.09. The Hall–Kier alpha value is -1.89. The van der Waals surface area contributed by atoms with Crippen molar-refractivity contribution in [2.24, 2.45) is 5.73 Å². The van der Waals surface area contributed by atoms with E-state index in [1.54, 1.807) is 0 Å². The summed E-state index contributed by atoms with van der Waals surface area (Å²) in [5.41, 5.74) is 6.12. The predicted octanol–water partition coefficient (Wildman–Crippen LogP) is 2.48. The Labute approximate surface area is 132 Å². The van der Waals surface area contributed by atoms with E-state index in [4.69, 9.17) is 5.73 Å². The molecule has 22 heavy (non-hydrogen) atoms. The number of fused-ring (bicyclic) bond motifs is 1. The molecule has 1 heterocycles. The van der Waals surface area contributed by atoms with Gasteiger partial charge in [0.05, 0.1) is 11.5 Å². The SMILES string of the molecule is CCCCC(=O)Nc1sc2c(c1C(N)=O)C(C(=O)O)CCC2. The summed E-state index contributed by atoms with van der Waals surface area (Å²) in [4.78, 5) is 36.0. The van der Waals surface area contributed by atoms with Gasteiger partial charge < -0.3 is 16.2 Å². The Bertz CT molecular complexity index is 609. The van der Waals surface area contributed by atoms with Gasteiger partial charge in [0.15, 0.2) is 0 Å². The Balaban J connectivity index is 2.37. The van der Waals surface area contributed by atoms with Gasteiger partial charge >= 0.3 is 5.97 Å². The second-order valence-electron chi connectivity index (χ2n) is 5.44. The summed E-state index contributed by atoms with van der Waals surface area (Å²) >= 11 is 1.28. The van der Waals surface area contributed by atoms with Crippen LogP contribution >= 0.6 is 11.3 Å². The quantitative estimate of drug-likeness (QED) is 0.746. The van der Waals surface area contributed by atoms with Crippen molar-refractivity contribution in [1.82, 2.24) is 0 Å². The summed E-state index contributed by atoms with van der Waals surface area (Å²) in [6.45, 7) is 1.99. The van der Waals surface area contributed by atoms with Gasteiger partial charge in [0, 0.05) is 11.3 Å². The Morgan fingerprint density at radius 1 is 1.41 bits per heavy atom. The van der Waals surface area contributed by atoms with Crippen LogP contribution in [0.2, 0.25) is 0 Å². The molecular weight excluding hydrogens is 304 g/mol. The molecule has 1 aromatic rings. The Morgan fingerprint density at radius 3 is 2.73 bits per heavy atom. The highest BCUT2D eigenvalue weighted by atomic mass is 32.1. The molecule has 1 aliphatic carbocycles. The number of nitrogens with one attached hydrogen (secondary N) is 1. The topological polar surface area (TPSA) is 109 Å². The van der Waals surface area contributed by atoms with Crippen LogP contribution in [0.15, 0.2) is 0 Å². The van der Waals surface area contributed by atoms with Crippen LogP contribution in [0, 0.1) is 0 Å². The normalized spacial score (nSPS) is 16.9. The first-order valence-corrected chi connectivity index (χ1v) is 8.25. The van der Waals surface area contributed by atoms with Gasteiger partial charge in [-0.3, -0.25) is 14.4 Å². The van der Waals surface area contributed by atoms with E-state index >= 15 is 0 Å². The number of hydrogen-bond acceptors (Lipinski definition) is 4. The number of anilines is 1. The number of carboxylic acid groups (broad SMARTS) is 1. The number of nitrogens with two attached hydrogens (primary N) is 1. The van der Waals surface area contributed by atoms with Gasteiger partial charge in [-0.1, -0.05) is 13.3 Å². The third kappa shape index (κ3) is 3.30. The maximum absolute atomic E-state index is 11.9. The minimum absolute atomic E-state index is 0.171. The summed E-state index contributed by atoms with van der Waals surface area (Å²) in [5, 5.41) is 12.5. The minimum Gasteiger partial charge on any atom is -0.481 e. The first-order chi connectivity index (χ1) is 10.5. The van der Waals surface area contributed by atoms with E-state index in [1.807, 2.05) is 6.92 Å². The van der Waals surface area contributed by atoms with Gasteiger partial charge in [-0.05, 0) is 31.2 Å². The second kappa shape index (κ2) is 6.91. The Kier molecular flexibility index (Phi) is 5.18. The van der Waals surface area contributed by atoms with Crippen molar-refractivity contribution in [2.45, 2.75) is 51.4 Å². The summed E-state index contributed by atoms with van der Waals surface area (Å²) < 4.78 is 0. The van der Waals surface area contributed by atoms with Crippen molar-refractivity contribution in [2.75, 3.05) is 5.32 Å². The number of amides is 2. The van der Waals surface area contributed by atoms with Crippen molar-refractivity contribution < 1.29 is 19.5 Å². The Morgan fingerprint density at radius 2 is 2.14 bits per heavy atom. The van der Waals surface area contributed by atoms with E-state index in [0.29, 0.717) is 23.4 Å². The van der Waals surface area contributed by atoms with Crippen LogP contribution in [0.3, 0.4) is 0 Å². The number of aliphatic carboxylic acids is 1. The van der Waals surface area contributed by atoms with Crippen LogP contribution in [-0.2, 0) is 16.0 Å². The maximum Gasteiger partial charge on any atom is 0.311 e. The summed E-state index contributed by atoms with van der Waals surface area (Å²) in [5.74, 6) is -2.53. The van der Waals surface area contributed by atoms with Crippen molar-refractivity contribution in [3.8, 4) is 0 Å². The number of thiophene rings is 1. The van der Waals surface area contributed by atoms with Crippen molar-refractivity contribution >= 4 is 34.1 Å². The van der Waals surface area contributed by atoms with Crippen LogP contribution in [-0.4, -0.2) is 22.9 Å². The third-order valence-electron chi connectivity index (χ3n) is 3.82. The molecule has 0 bridgehead atoms. The minimum atomic E-state index is -0.954. The van der Waals surface area contributed by atoms with E-state index in [1.165, 1.54) is 11.3 Å². The monoisotopic (exact) mass is 324 g/mol. The zero-order valence-electron chi connectivity index (χ0n) is 12.5. The molecule has 1 atom stereocenters. The van der Waals surface area contributed by atoms with Crippen LogP contribution in [0.5, 0.6) is 0 Å². The smallest absolute Gasteiger partial charge is 0.311 e. The number of hydrogen-bond donors (Lipinski definition) is 3. The van der Waals surface area contributed by atoms with E-state index in [-0.39, 0.29) is 11.5 Å². The van der Waals surface area contributed by atoms with Crippen molar-refractivity contribution in [1.29, 1.82) is 0 Å². The summed E-state index contributed by atoms with van der Waals surface area (Å²) in [6, 6.07) is 0. The highest BCUT2D eigenvalue weighted by Crippen LogP contribution is 2.43. The number of primary amides is 1. The molecule has 120 valence electrons. The van der Waals surface area contributed by atoms with Gasteiger partial charge in [-0.15, -0.1) is 11.3 Å². The number of carbonyl (C=O) groups excluding carboxylic acids is 2. The molecule has 0 aromatic carbocycles. The molecule has 7 heteroatoms. The van der Waals surface area contributed by atoms with Crippen LogP contribution in [0.4, 0.5) is 5.00 Å². The first-order valence-electron chi connectivity index (χ1n) is 7.43.